The first-order chi connectivity index (χ1) is 12.6. The van der Waals surface area contributed by atoms with Crippen LogP contribution in [-0.2, 0) is 13.6 Å². The lowest BCUT2D eigenvalue weighted by Crippen LogP contribution is -2.46. The van der Waals surface area contributed by atoms with Crippen molar-refractivity contribution in [2.24, 2.45) is 7.05 Å². The number of hydrogen-bond donors (Lipinski definition) is 1. The first-order valence-corrected chi connectivity index (χ1v) is 9.71. The molecule has 2 fully saturated rings. The predicted molar refractivity (Wildman–Crippen MR) is 100 cm³/mol. The van der Waals surface area contributed by atoms with Crippen molar-refractivity contribution in [1.29, 1.82) is 0 Å². The van der Waals surface area contributed by atoms with E-state index in [-0.39, 0.29) is 12.1 Å². The normalized spacial score (nSPS) is 20.4. The van der Waals surface area contributed by atoms with E-state index in [1.807, 2.05) is 37.3 Å². The molecule has 1 aliphatic heterocycles. The number of carbonyl (C=O) groups is 1. The number of carbonyl (C=O) groups excluding carboxylic acids is 1. The summed E-state index contributed by atoms with van der Waals surface area (Å²) in [4.78, 5) is 19.2. The van der Waals surface area contributed by atoms with Crippen LogP contribution in [-0.4, -0.2) is 42.8 Å². The van der Waals surface area contributed by atoms with Crippen molar-refractivity contribution in [3.63, 3.8) is 0 Å². The SMILES string of the molecule is Cc1nccn1CCC1CCCCN1C(=O)Nc1cc(C2CC2)nn1C. The van der Waals surface area contributed by atoms with Crippen LogP contribution in [0.4, 0.5) is 10.6 Å². The van der Waals surface area contributed by atoms with E-state index in [0.29, 0.717) is 5.92 Å². The molecule has 1 saturated heterocycles. The number of aromatic nitrogens is 4. The van der Waals surface area contributed by atoms with E-state index in [0.717, 1.165) is 49.7 Å². The van der Waals surface area contributed by atoms with Crippen LogP contribution in [0.3, 0.4) is 0 Å². The first kappa shape index (κ1) is 17.1. The highest BCUT2D eigenvalue weighted by Gasteiger charge is 2.29. The molecule has 2 aromatic heterocycles. The molecule has 26 heavy (non-hydrogen) atoms. The molecule has 1 N–H and O–H groups in total. The van der Waals surface area contributed by atoms with Gasteiger partial charge in [0.1, 0.15) is 11.6 Å². The number of aryl methyl sites for hydroxylation is 3. The van der Waals surface area contributed by atoms with Crippen LogP contribution in [0.2, 0.25) is 0 Å². The summed E-state index contributed by atoms with van der Waals surface area (Å²) in [5, 5.41) is 7.63. The van der Waals surface area contributed by atoms with E-state index in [2.05, 4.69) is 20.0 Å². The molecule has 7 heteroatoms. The highest BCUT2D eigenvalue weighted by Crippen LogP contribution is 2.40. The van der Waals surface area contributed by atoms with E-state index in [9.17, 15) is 4.79 Å². The van der Waals surface area contributed by atoms with Gasteiger partial charge in [0.2, 0.25) is 0 Å². The molecule has 1 unspecified atom stereocenters. The molecule has 0 radical (unpaired) electrons. The molecular weight excluding hydrogens is 328 g/mol. The van der Waals surface area contributed by atoms with Crippen LogP contribution in [0.25, 0.3) is 0 Å². The second-order valence-corrected chi connectivity index (χ2v) is 7.58. The largest absolute Gasteiger partial charge is 0.335 e. The number of amides is 2. The first-order valence-electron chi connectivity index (χ1n) is 9.71. The smallest absolute Gasteiger partial charge is 0.323 e. The van der Waals surface area contributed by atoms with E-state index in [4.69, 9.17) is 0 Å². The van der Waals surface area contributed by atoms with E-state index in [1.54, 1.807) is 4.68 Å². The average Bonchev–Trinajstić information content (AvgIpc) is 3.32. The monoisotopic (exact) mass is 356 g/mol. The molecule has 2 amide bonds. The highest BCUT2D eigenvalue weighted by atomic mass is 16.2. The Morgan fingerprint density at radius 3 is 2.88 bits per heavy atom. The van der Waals surface area contributed by atoms with Gasteiger partial charge in [-0.3, -0.25) is 10.00 Å². The zero-order valence-electron chi connectivity index (χ0n) is 15.7. The minimum Gasteiger partial charge on any atom is -0.335 e. The van der Waals surface area contributed by atoms with Crippen LogP contribution in [0.1, 0.15) is 56.0 Å². The number of anilines is 1. The summed E-state index contributed by atoms with van der Waals surface area (Å²) in [7, 11) is 1.90. The van der Waals surface area contributed by atoms with E-state index < -0.39 is 0 Å². The number of nitrogens with zero attached hydrogens (tertiary/aromatic N) is 5. The van der Waals surface area contributed by atoms with Gasteiger partial charge in [-0.15, -0.1) is 0 Å². The maximum absolute atomic E-state index is 12.9. The van der Waals surface area contributed by atoms with Crippen molar-refractivity contribution in [2.75, 3.05) is 11.9 Å². The van der Waals surface area contributed by atoms with Gasteiger partial charge in [0, 0.05) is 50.6 Å². The summed E-state index contributed by atoms with van der Waals surface area (Å²) in [6, 6.07) is 2.31. The predicted octanol–water partition coefficient (Wildman–Crippen LogP) is 3.28. The van der Waals surface area contributed by atoms with Gasteiger partial charge in [-0.2, -0.15) is 5.10 Å². The number of piperidine rings is 1. The van der Waals surface area contributed by atoms with E-state index in [1.165, 1.54) is 19.3 Å². The average molecular weight is 356 g/mol. The molecule has 140 valence electrons. The van der Waals surface area contributed by atoms with Gasteiger partial charge in [-0.05, 0) is 45.4 Å². The molecule has 0 spiro atoms. The summed E-state index contributed by atoms with van der Waals surface area (Å²) in [6.07, 6.45) is 10.6. The van der Waals surface area contributed by atoms with E-state index >= 15 is 0 Å². The summed E-state index contributed by atoms with van der Waals surface area (Å²) in [5.41, 5.74) is 1.11. The molecule has 0 bridgehead atoms. The number of urea groups is 1. The third kappa shape index (κ3) is 3.61. The lowest BCUT2D eigenvalue weighted by molar-refractivity contribution is 0.155. The van der Waals surface area contributed by atoms with Crippen molar-refractivity contribution in [1.82, 2.24) is 24.2 Å². The van der Waals surface area contributed by atoms with Crippen molar-refractivity contribution in [3.05, 3.63) is 30.0 Å². The summed E-state index contributed by atoms with van der Waals surface area (Å²) >= 11 is 0. The molecule has 1 saturated carbocycles. The highest BCUT2D eigenvalue weighted by molar-refractivity contribution is 5.88. The van der Waals surface area contributed by atoms with Gasteiger partial charge in [0.15, 0.2) is 0 Å². The Kier molecular flexibility index (Phi) is 4.70. The molecule has 4 rings (SSSR count). The molecule has 7 nitrogen and oxygen atoms in total. The van der Waals surface area contributed by atoms with Gasteiger partial charge in [-0.1, -0.05) is 0 Å². The van der Waals surface area contributed by atoms with Gasteiger partial charge >= 0.3 is 6.03 Å². The molecule has 2 aromatic rings. The Labute approximate surface area is 154 Å². The number of rotatable bonds is 5. The summed E-state index contributed by atoms with van der Waals surface area (Å²) in [5.74, 6) is 2.42. The van der Waals surface area contributed by atoms with Gasteiger partial charge < -0.3 is 9.47 Å². The summed E-state index contributed by atoms with van der Waals surface area (Å²) in [6.45, 7) is 3.75. The Balaban J connectivity index is 1.40. The molecule has 0 aromatic carbocycles. The zero-order valence-corrected chi connectivity index (χ0v) is 15.7. The quantitative estimate of drug-likeness (QED) is 0.894. The van der Waals surface area contributed by atoms with Crippen LogP contribution in [0.5, 0.6) is 0 Å². The maximum atomic E-state index is 12.9. The Hall–Kier alpha value is -2.31. The van der Waals surface area contributed by atoms with Crippen molar-refractivity contribution in [2.45, 2.75) is 64.0 Å². The molecular formula is C19H28N6O. The van der Waals surface area contributed by atoms with Crippen LogP contribution in [0, 0.1) is 6.92 Å². The Bertz CT molecular complexity index is 775. The molecule has 3 heterocycles. The third-order valence-electron chi connectivity index (χ3n) is 5.64. The maximum Gasteiger partial charge on any atom is 0.323 e. The fourth-order valence-corrected chi connectivity index (χ4v) is 3.86. The minimum atomic E-state index is 0.00222. The van der Waals surface area contributed by atoms with Crippen LogP contribution < -0.4 is 5.32 Å². The van der Waals surface area contributed by atoms with Gasteiger partial charge in [0.05, 0.1) is 5.69 Å². The minimum absolute atomic E-state index is 0.00222. The number of nitrogens with one attached hydrogen (secondary N) is 1. The molecule has 1 aliphatic carbocycles. The fraction of sp³-hybridized carbons (Fsp3) is 0.632. The van der Waals surface area contributed by atoms with Crippen LogP contribution in [0.15, 0.2) is 18.5 Å². The second-order valence-electron chi connectivity index (χ2n) is 7.58. The van der Waals surface area contributed by atoms with Gasteiger partial charge in [0.25, 0.3) is 0 Å². The molecule has 2 aliphatic rings. The summed E-state index contributed by atoms with van der Waals surface area (Å²) < 4.78 is 3.95. The molecule has 1 atom stereocenters. The lowest BCUT2D eigenvalue weighted by atomic mass is 9.99. The Morgan fingerprint density at radius 2 is 2.15 bits per heavy atom. The number of hydrogen-bond acceptors (Lipinski definition) is 3. The lowest BCUT2D eigenvalue weighted by Gasteiger charge is -2.36. The third-order valence-corrected chi connectivity index (χ3v) is 5.64. The fourth-order valence-electron chi connectivity index (χ4n) is 3.86. The zero-order chi connectivity index (χ0) is 18.1. The Morgan fingerprint density at radius 1 is 1.31 bits per heavy atom. The number of imidazole rings is 1. The van der Waals surface area contributed by atoms with Crippen LogP contribution >= 0.6 is 0 Å². The number of likely N-dealkylation sites (tertiary alicyclic amines) is 1. The van der Waals surface area contributed by atoms with Crippen molar-refractivity contribution >= 4 is 11.8 Å². The van der Waals surface area contributed by atoms with Crippen molar-refractivity contribution in [3.8, 4) is 0 Å². The topological polar surface area (TPSA) is 68.0 Å². The van der Waals surface area contributed by atoms with Crippen molar-refractivity contribution < 1.29 is 4.79 Å². The van der Waals surface area contributed by atoms with Gasteiger partial charge in [-0.25, -0.2) is 9.78 Å². The standard InChI is InChI=1S/C19H28N6O/c1-14-20-9-12-24(14)11-8-16-5-3-4-10-25(16)19(26)21-18-13-17(15-6-7-15)22-23(18)2/h9,12-13,15-16H,3-8,10-11H2,1-2H3,(H,21,26). The second kappa shape index (κ2) is 7.13.